The zero-order chi connectivity index (χ0) is 14.1. The van der Waals surface area contributed by atoms with Gasteiger partial charge in [0, 0.05) is 0 Å². The van der Waals surface area contributed by atoms with Crippen LogP contribution in [-0.2, 0) is 0 Å². The highest BCUT2D eigenvalue weighted by Gasteiger charge is 2.31. The van der Waals surface area contributed by atoms with Crippen molar-refractivity contribution in [3.8, 4) is 0 Å². The van der Waals surface area contributed by atoms with Gasteiger partial charge in [-0.3, -0.25) is 0 Å². The minimum Gasteiger partial charge on any atom is -0.353 e. The van der Waals surface area contributed by atoms with Gasteiger partial charge in [-0.25, -0.2) is 8.78 Å². The molecule has 2 atom stereocenters. The molecule has 0 bridgehead atoms. The van der Waals surface area contributed by atoms with E-state index in [9.17, 15) is 8.78 Å². The Morgan fingerprint density at radius 3 is 1.40 bits per heavy atom. The smallest absolute Gasteiger partial charge is 0.167 e. The van der Waals surface area contributed by atoms with Crippen LogP contribution in [0.1, 0.15) is 23.2 Å². The van der Waals surface area contributed by atoms with Gasteiger partial charge >= 0.3 is 0 Å². The normalized spacial score (nSPS) is 21.4. The summed E-state index contributed by atoms with van der Waals surface area (Å²) in [6.45, 7) is 0. The van der Waals surface area contributed by atoms with Crippen molar-refractivity contribution in [2.45, 2.75) is 12.1 Å². The van der Waals surface area contributed by atoms with Gasteiger partial charge in [-0.1, -0.05) is 24.3 Å². The second-order valence-electron chi connectivity index (χ2n) is 4.68. The minimum atomic E-state index is -0.277. The van der Waals surface area contributed by atoms with Crippen molar-refractivity contribution in [1.82, 2.24) is 10.6 Å². The van der Waals surface area contributed by atoms with Gasteiger partial charge in [0.1, 0.15) is 11.6 Å². The molecule has 0 radical (unpaired) electrons. The molecule has 2 unspecified atom stereocenters. The summed E-state index contributed by atoms with van der Waals surface area (Å²) in [7, 11) is 0. The lowest BCUT2D eigenvalue weighted by atomic mass is 9.95. The molecule has 0 aliphatic carbocycles. The van der Waals surface area contributed by atoms with E-state index < -0.39 is 0 Å². The largest absolute Gasteiger partial charge is 0.353 e. The molecular formula is C15H12F2N2S. The molecule has 1 saturated heterocycles. The monoisotopic (exact) mass is 290 g/mol. The number of hydrogen-bond donors (Lipinski definition) is 2. The van der Waals surface area contributed by atoms with Gasteiger partial charge in [-0.05, 0) is 47.6 Å². The molecule has 1 aliphatic rings. The topological polar surface area (TPSA) is 24.1 Å². The van der Waals surface area contributed by atoms with E-state index in [4.69, 9.17) is 12.2 Å². The number of hydrogen-bond acceptors (Lipinski definition) is 1. The third-order valence-corrected chi connectivity index (χ3v) is 3.60. The highest BCUT2D eigenvalue weighted by atomic mass is 32.1. The van der Waals surface area contributed by atoms with E-state index in [1.165, 1.54) is 24.3 Å². The Morgan fingerprint density at radius 1 is 0.700 bits per heavy atom. The van der Waals surface area contributed by atoms with Crippen molar-refractivity contribution in [3.63, 3.8) is 0 Å². The summed E-state index contributed by atoms with van der Waals surface area (Å²) in [6.07, 6.45) is 0. The summed E-state index contributed by atoms with van der Waals surface area (Å²) in [6, 6.07) is 12.3. The molecular weight excluding hydrogens is 278 g/mol. The molecule has 20 heavy (non-hydrogen) atoms. The van der Waals surface area contributed by atoms with Crippen LogP contribution in [0.4, 0.5) is 8.78 Å². The molecule has 0 amide bonds. The van der Waals surface area contributed by atoms with Crippen molar-refractivity contribution < 1.29 is 8.78 Å². The summed E-state index contributed by atoms with van der Waals surface area (Å²) in [5.74, 6) is -0.554. The molecule has 2 aromatic rings. The van der Waals surface area contributed by atoms with Crippen LogP contribution in [0, 0.1) is 11.6 Å². The van der Waals surface area contributed by atoms with Crippen LogP contribution < -0.4 is 10.6 Å². The van der Waals surface area contributed by atoms with Gasteiger partial charge < -0.3 is 10.6 Å². The first-order valence-electron chi connectivity index (χ1n) is 6.21. The molecule has 0 aromatic heterocycles. The van der Waals surface area contributed by atoms with Crippen molar-refractivity contribution in [2.24, 2.45) is 0 Å². The van der Waals surface area contributed by atoms with Gasteiger partial charge in [-0.15, -0.1) is 0 Å². The Balaban J connectivity index is 1.94. The van der Waals surface area contributed by atoms with Crippen LogP contribution >= 0.6 is 12.2 Å². The van der Waals surface area contributed by atoms with E-state index in [0.29, 0.717) is 5.11 Å². The lowest BCUT2D eigenvalue weighted by Crippen LogP contribution is -2.21. The number of halogens is 2. The zero-order valence-electron chi connectivity index (χ0n) is 10.4. The third-order valence-electron chi connectivity index (χ3n) is 3.36. The molecule has 0 saturated carbocycles. The molecule has 1 heterocycles. The molecule has 2 nitrogen and oxygen atoms in total. The number of thiocarbonyl (C=S) groups is 1. The molecule has 2 N–H and O–H groups in total. The van der Waals surface area contributed by atoms with Gasteiger partial charge in [0.2, 0.25) is 0 Å². The highest BCUT2D eigenvalue weighted by molar-refractivity contribution is 7.80. The number of benzene rings is 2. The predicted molar refractivity (Wildman–Crippen MR) is 77.2 cm³/mol. The maximum atomic E-state index is 13.0. The van der Waals surface area contributed by atoms with E-state index in [0.717, 1.165) is 11.1 Å². The average Bonchev–Trinajstić information content (AvgIpc) is 2.82. The van der Waals surface area contributed by atoms with Crippen LogP contribution in [0.15, 0.2) is 48.5 Å². The first-order chi connectivity index (χ1) is 9.63. The molecule has 1 fully saturated rings. The fraction of sp³-hybridized carbons (Fsp3) is 0.133. The lowest BCUT2D eigenvalue weighted by molar-refractivity contribution is 0.549. The van der Waals surface area contributed by atoms with Crippen LogP contribution in [0.25, 0.3) is 0 Å². The van der Waals surface area contributed by atoms with E-state index in [-0.39, 0.29) is 23.7 Å². The summed E-state index contributed by atoms with van der Waals surface area (Å²) < 4.78 is 26.0. The maximum absolute atomic E-state index is 13.0. The minimum absolute atomic E-state index is 0.103. The van der Waals surface area contributed by atoms with Gasteiger partial charge in [0.15, 0.2) is 5.11 Å². The van der Waals surface area contributed by atoms with Crippen molar-refractivity contribution in [3.05, 3.63) is 71.3 Å². The maximum Gasteiger partial charge on any atom is 0.167 e. The van der Waals surface area contributed by atoms with Gasteiger partial charge in [-0.2, -0.15) is 0 Å². The highest BCUT2D eigenvalue weighted by Crippen LogP contribution is 2.32. The fourth-order valence-corrected chi connectivity index (χ4v) is 2.64. The SMILES string of the molecule is Fc1ccc(C2NC(=S)NC2c2ccc(F)cc2)cc1. The number of nitrogens with one attached hydrogen (secondary N) is 2. The fourth-order valence-electron chi connectivity index (χ4n) is 2.38. The first-order valence-corrected chi connectivity index (χ1v) is 6.62. The Labute approximate surface area is 120 Å². The standard InChI is InChI=1S/C15H12F2N2S/c16-11-5-1-9(2-6-11)13-14(19-15(20)18-13)10-3-7-12(17)8-4-10/h1-8,13-14H,(H2,18,19,20). The molecule has 102 valence electrons. The quantitative estimate of drug-likeness (QED) is 0.830. The van der Waals surface area contributed by atoms with Crippen molar-refractivity contribution in [2.75, 3.05) is 0 Å². The Bertz CT molecular complexity index is 570. The molecule has 2 aromatic carbocycles. The summed E-state index contributed by atoms with van der Waals surface area (Å²) in [4.78, 5) is 0. The summed E-state index contributed by atoms with van der Waals surface area (Å²) in [5, 5.41) is 6.85. The molecule has 5 heteroatoms. The molecule has 3 rings (SSSR count). The van der Waals surface area contributed by atoms with E-state index >= 15 is 0 Å². The van der Waals surface area contributed by atoms with E-state index in [1.54, 1.807) is 24.3 Å². The molecule has 0 spiro atoms. The van der Waals surface area contributed by atoms with Gasteiger partial charge in [0.05, 0.1) is 12.1 Å². The molecule has 1 aliphatic heterocycles. The summed E-state index contributed by atoms with van der Waals surface area (Å²) >= 11 is 5.15. The third kappa shape index (κ3) is 2.49. The Hall–Kier alpha value is -2.01. The predicted octanol–water partition coefficient (Wildman–Crippen LogP) is 3.22. The number of rotatable bonds is 2. The van der Waals surface area contributed by atoms with Crippen molar-refractivity contribution >= 4 is 17.3 Å². The second kappa shape index (κ2) is 5.17. The van der Waals surface area contributed by atoms with Crippen molar-refractivity contribution in [1.29, 1.82) is 0 Å². The van der Waals surface area contributed by atoms with Crippen LogP contribution in [0.5, 0.6) is 0 Å². The van der Waals surface area contributed by atoms with Gasteiger partial charge in [0.25, 0.3) is 0 Å². The second-order valence-corrected chi connectivity index (χ2v) is 5.08. The lowest BCUT2D eigenvalue weighted by Gasteiger charge is -2.19. The average molecular weight is 290 g/mol. The summed E-state index contributed by atoms with van der Waals surface area (Å²) in [5.41, 5.74) is 1.85. The van der Waals surface area contributed by atoms with Crippen LogP contribution in [-0.4, -0.2) is 5.11 Å². The van der Waals surface area contributed by atoms with Crippen LogP contribution in [0.3, 0.4) is 0 Å². The zero-order valence-corrected chi connectivity index (χ0v) is 11.3. The Morgan fingerprint density at radius 2 is 1.05 bits per heavy atom. The first kappa shape index (κ1) is 13.0. The Kier molecular flexibility index (Phi) is 3.36. The van der Waals surface area contributed by atoms with Crippen LogP contribution in [0.2, 0.25) is 0 Å². The van der Waals surface area contributed by atoms with E-state index in [1.807, 2.05) is 0 Å². The van der Waals surface area contributed by atoms with E-state index in [2.05, 4.69) is 10.6 Å².